The molecule has 2 aromatic heterocycles. The fourth-order valence-corrected chi connectivity index (χ4v) is 3.27. The number of hydrogen-bond acceptors (Lipinski definition) is 6. The minimum absolute atomic E-state index is 0. The highest BCUT2D eigenvalue weighted by Gasteiger charge is 2.29. The standard InChI is InChI=1S/C20H21N5O2.ClH/c26-20(17-10-9-15(23-17)14-6-2-1-3-7-14)22-13-11-18-24-19(25-27-18)16-8-4-5-12-21-16;/h1-8,12,15,17,23H,9-11,13H2,(H,22,26);1H/t15-,17-;/m1./s1. The second kappa shape index (κ2) is 9.43. The first-order valence-electron chi connectivity index (χ1n) is 9.12. The largest absolute Gasteiger partial charge is 0.354 e. The van der Waals surface area contributed by atoms with Crippen LogP contribution in [0, 0.1) is 0 Å². The minimum atomic E-state index is -0.165. The lowest BCUT2D eigenvalue weighted by Gasteiger charge is -2.14. The first kappa shape index (κ1) is 20.0. The summed E-state index contributed by atoms with van der Waals surface area (Å²) in [5.41, 5.74) is 1.89. The van der Waals surface area contributed by atoms with E-state index in [0.717, 1.165) is 12.8 Å². The number of nitrogens with one attached hydrogen (secondary N) is 2. The average Bonchev–Trinajstić information content (AvgIpc) is 3.39. The molecule has 0 saturated carbocycles. The molecule has 0 radical (unpaired) electrons. The van der Waals surface area contributed by atoms with Gasteiger partial charge in [-0.25, -0.2) is 0 Å². The number of amides is 1. The van der Waals surface area contributed by atoms with E-state index < -0.39 is 0 Å². The van der Waals surface area contributed by atoms with Crippen molar-refractivity contribution < 1.29 is 9.32 Å². The summed E-state index contributed by atoms with van der Waals surface area (Å²) < 4.78 is 5.23. The first-order chi connectivity index (χ1) is 13.3. The van der Waals surface area contributed by atoms with Gasteiger partial charge >= 0.3 is 0 Å². The summed E-state index contributed by atoms with van der Waals surface area (Å²) in [5, 5.41) is 10.3. The first-order valence-corrected chi connectivity index (χ1v) is 9.12. The van der Waals surface area contributed by atoms with Gasteiger partial charge in [-0.2, -0.15) is 4.98 Å². The van der Waals surface area contributed by atoms with Crippen LogP contribution < -0.4 is 10.6 Å². The maximum atomic E-state index is 12.4. The van der Waals surface area contributed by atoms with Gasteiger partial charge in [0.15, 0.2) is 0 Å². The van der Waals surface area contributed by atoms with E-state index >= 15 is 0 Å². The Morgan fingerprint density at radius 3 is 2.75 bits per heavy atom. The summed E-state index contributed by atoms with van der Waals surface area (Å²) in [4.78, 5) is 20.9. The third kappa shape index (κ3) is 4.74. The molecule has 3 aromatic rings. The number of aromatic nitrogens is 3. The van der Waals surface area contributed by atoms with Gasteiger partial charge in [-0.15, -0.1) is 12.4 Å². The summed E-state index contributed by atoms with van der Waals surface area (Å²) in [7, 11) is 0. The van der Waals surface area contributed by atoms with E-state index in [-0.39, 0.29) is 30.4 Å². The highest BCUT2D eigenvalue weighted by molar-refractivity contribution is 5.85. The van der Waals surface area contributed by atoms with Crippen LogP contribution in [0.1, 0.15) is 30.3 Å². The molecule has 2 atom stereocenters. The topological polar surface area (TPSA) is 92.9 Å². The number of nitrogens with zero attached hydrogens (tertiary/aromatic N) is 3. The Bertz CT molecular complexity index is 888. The van der Waals surface area contributed by atoms with Crippen molar-refractivity contribution in [1.29, 1.82) is 0 Å². The van der Waals surface area contributed by atoms with Crippen LogP contribution >= 0.6 is 12.4 Å². The quantitative estimate of drug-likeness (QED) is 0.662. The van der Waals surface area contributed by atoms with Crippen molar-refractivity contribution in [2.45, 2.75) is 31.3 Å². The molecule has 0 spiro atoms. The molecular weight excluding hydrogens is 378 g/mol. The van der Waals surface area contributed by atoms with Crippen LogP contribution in [-0.4, -0.2) is 33.6 Å². The van der Waals surface area contributed by atoms with Crippen molar-refractivity contribution in [1.82, 2.24) is 25.8 Å². The normalized spacial score (nSPS) is 18.4. The van der Waals surface area contributed by atoms with E-state index in [0.29, 0.717) is 30.4 Å². The third-order valence-corrected chi connectivity index (χ3v) is 4.66. The number of rotatable bonds is 6. The van der Waals surface area contributed by atoms with Crippen molar-refractivity contribution >= 4 is 18.3 Å². The lowest BCUT2D eigenvalue weighted by Crippen LogP contribution is -2.41. The van der Waals surface area contributed by atoms with Gasteiger partial charge in [-0.3, -0.25) is 15.1 Å². The highest BCUT2D eigenvalue weighted by Crippen LogP contribution is 2.26. The van der Waals surface area contributed by atoms with Gasteiger partial charge in [0.1, 0.15) is 5.69 Å². The number of pyridine rings is 1. The Balaban J connectivity index is 0.00000225. The summed E-state index contributed by atoms with van der Waals surface area (Å²) in [6, 6.07) is 15.8. The van der Waals surface area contributed by atoms with Crippen LogP contribution in [-0.2, 0) is 11.2 Å². The number of carbonyl (C=O) groups excluding carboxylic acids is 1. The van der Waals surface area contributed by atoms with Crippen molar-refractivity contribution in [2.24, 2.45) is 0 Å². The molecule has 28 heavy (non-hydrogen) atoms. The van der Waals surface area contributed by atoms with E-state index in [4.69, 9.17) is 4.52 Å². The SMILES string of the molecule is Cl.O=C(NCCc1nc(-c2ccccn2)no1)[C@H]1CC[C@H](c2ccccc2)N1. The predicted octanol–water partition coefficient (Wildman–Crippen LogP) is 2.71. The second-order valence-corrected chi connectivity index (χ2v) is 6.53. The van der Waals surface area contributed by atoms with Crippen LogP contribution in [0.2, 0.25) is 0 Å². The van der Waals surface area contributed by atoms with E-state index in [2.05, 4.69) is 37.9 Å². The van der Waals surface area contributed by atoms with Gasteiger partial charge in [0.25, 0.3) is 0 Å². The number of carbonyl (C=O) groups is 1. The zero-order valence-electron chi connectivity index (χ0n) is 15.2. The van der Waals surface area contributed by atoms with Gasteiger partial charge in [0.2, 0.25) is 17.6 Å². The van der Waals surface area contributed by atoms with Gasteiger partial charge in [0.05, 0.1) is 6.04 Å². The second-order valence-electron chi connectivity index (χ2n) is 6.53. The summed E-state index contributed by atoms with van der Waals surface area (Å²) >= 11 is 0. The molecule has 146 valence electrons. The average molecular weight is 400 g/mol. The summed E-state index contributed by atoms with van der Waals surface area (Å²) in [6.07, 6.45) is 3.96. The van der Waals surface area contributed by atoms with Crippen LogP contribution in [0.3, 0.4) is 0 Å². The molecule has 4 rings (SSSR count). The molecule has 1 fully saturated rings. The van der Waals surface area contributed by atoms with Gasteiger partial charge < -0.3 is 9.84 Å². The van der Waals surface area contributed by atoms with Crippen LogP contribution in [0.15, 0.2) is 59.3 Å². The molecule has 0 bridgehead atoms. The van der Waals surface area contributed by atoms with Gasteiger partial charge in [-0.1, -0.05) is 41.6 Å². The monoisotopic (exact) mass is 399 g/mol. The molecule has 1 amide bonds. The Kier molecular flexibility index (Phi) is 6.73. The molecule has 1 saturated heterocycles. The smallest absolute Gasteiger partial charge is 0.237 e. The van der Waals surface area contributed by atoms with Crippen molar-refractivity contribution in [3.63, 3.8) is 0 Å². The Labute approximate surface area is 169 Å². The molecule has 0 aliphatic carbocycles. The van der Waals surface area contributed by atoms with Crippen LogP contribution in [0.25, 0.3) is 11.5 Å². The van der Waals surface area contributed by atoms with Crippen molar-refractivity contribution in [3.05, 3.63) is 66.2 Å². The molecule has 3 heterocycles. The summed E-state index contributed by atoms with van der Waals surface area (Å²) in [6.45, 7) is 0.455. The van der Waals surface area contributed by atoms with Gasteiger partial charge in [0, 0.05) is 25.2 Å². The molecular formula is C20H22ClN5O2. The Morgan fingerprint density at radius 1 is 1.14 bits per heavy atom. The maximum absolute atomic E-state index is 12.4. The molecule has 1 aromatic carbocycles. The predicted molar refractivity (Wildman–Crippen MR) is 107 cm³/mol. The zero-order valence-corrected chi connectivity index (χ0v) is 16.1. The van der Waals surface area contributed by atoms with Crippen LogP contribution in [0.4, 0.5) is 0 Å². The van der Waals surface area contributed by atoms with E-state index in [1.807, 2.05) is 36.4 Å². The molecule has 8 heteroatoms. The molecule has 7 nitrogen and oxygen atoms in total. The lowest BCUT2D eigenvalue weighted by atomic mass is 10.1. The van der Waals surface area contributed by atoms with Crippen molar-refractivity contribution in [2.75, 3.05) is 6.54 Å². The molecule has 0 unspecified atom stereocenters. The molecule has 2 N–H and O–H groups in total. The molecule has 1 aliphatic rings. The fourth-order valence-electron chi connectivity index (χ4n) is 3.27. The fraction of sp³-hybridized carbons (Fsp3) is 0.300. The Morgan fingerprint density at radius 2 is 1.96 bits per heavy atom. The minimum Gasteiger partial charge on any atom is -0.354 e. The zero-order chi connectivity index (χ0) is 18.5. The van der Waals surface area contributed by atoms with E-state index in [9.17, 15) is 4.79 Å². The van der Waals surface area contributed by atoms with Gasteiger partial charge in [-0.05, 0) is 30.5 Å². The number of benzene rings is 1. The molecule has 1 aliphatic heterocycles. The van der Waals surface area contributed by atoms with E-state index in [1.165, 1.54) is 5.56 Å². The Hall–Kier alpha value is -2.77. The number of hydrogen-bond donors (Lipinski definition) is 2. The maximum Gasteiger partial charge on any atom is 0.237 e. The van der Waals surface area contributed by atoms with Crippen LogP contribution in [0.5, 0.6) is 0 Å². The highest BCUT2D eigenvalue weighted by atomic mass is 35.5. The third-order valence-electron chi connectivity index (χ3n) is 4.66. The van der Waals surface area contributed by atoms with Crippen molar-refractivity contribution in [3.8, 4) is 11.5 Å². The van der Waals surface area contributed by atoms with E-state index in [1.54, 1.807) is 6.20 Å². The summed E-state index contributed by atoms with van der Waals surface area (Å²) in [5.74, 6) is 0.954. The number of halogens is 1. The lowest BCUT2D eigenvalue weighted by molar-refractivity contribution is -0.122.